The number of carbonyl (C=O) groups excluding carboxylic acids is 1. The highest BCUT2D eigenvalue weighted by atomic mass is 16.4. The molecule has 0 saturated carbocycles. The first-order valence-corrected chi connectivity index (χ1v) is 5.43. The summed E-state index contributed by atoms with van der Waals surface area (Å²) in [6, 6.07) is 4.62. The Morgan fingerprint density at radius 3 is 2.72 bits per heavy atom. The van der Waals surface area contributed by atoms with Gasteiger partial charge in [-0.25, -0.2) is 14.6 Å². The van der Waals surface area contributed by atoms with Gasteiger partial charge in [-0.1, -0.05) is 6.07 Å². The third-order valence-electron chi connectivity index (χ3n) is 1.83. The average Bonchev–Trinajstić information content (AvgIpc) is 2.25. The molecule has 0 radical (unpaired) electrons. The van der Waals surface area contributed by atoms with Gasteiger partial charge in [0.25, 0.3) is 0 Å². The zero-order valence-electron chi connectivity index (χ0n) is 10.2. The first-order chi connectivity index (χ1) is 8.47. The van der Waals surface area contributed by atoms with Crippen LogP contribution in [0.3, 0.4) is 0 Å². The van der Waals surface area contributed by atoms with E-state index in [9.17, 15) is 9.59 Å². The van der Waals surface area contributed by atoms with E-state index in [0.717, 1.165) is 6.08 Å². The SMILES string of the molecule is CC(C)NC(=O)Nc1cccc(/C=C/C(=O)O)n1. The Kier molecular flexibility index (Phi) is 4.86. The van der Waals surface area contributed by atoms with Gasteiger partial charge in [0.05, 0.1) is 5.69 Å². The molecule has 6 nitrogen and oxygen atoms in total. The summed E-state index contributed by atoms with van der Waals surface area (Å²) >= 11 is 0. The Labute approximate surface area is 105 Å². The van der Waals surface area contributed by atoms with Gasteiger partial charge in [0.15, 0.2) is 0 Å². The number of anilines is 1. The first kappa shape index (κ1) is 13.7. The van der Waals surface area contributed by atoms with E-state index in [1.165, 1.54) is 6.08 Å². The number of carboxylic acids is 1. The number of nitrogens with one attached hydrogen (secondary N) is 2. The van der Waals surface area contributed by atoms with Crippen molar-refractivity contribution in [3.8, 4) is 0 Å². The van der Waals surface area contributed by atoms with Crippen molar-refractivity contribution in [2.45, 2.75) is 19.9 Å². The number of aromatic nitrogens is 1. The van der Waals surface area contributed by atoms with Crippen molar-refractivity contribution in [3.63, 3.8) is 0 Å². The Morgan fingerprint density at radius 1 is 1.39 bits per heavy atom. The van der Waals surface area contributed by atoms with Crippen LogP contribution >= 0.6 is 0 Å². The van der Waals surface area contributed by atoms with Crippen molar-refractivity contribution in [3.05, 3.63) is 30.0 Å². The molecule has 96 valence electrons. The van der Waals surface area contributed by atoms with Crippen molar-refractivity contribution in [2.75, 3.05) is 5.32 Å². The summed E-state index contributed by atoms with van der Waals surface area (Å²) in [4.78, 5) is 25.9. The second-order valence-electron chi connectivity index (χ2n) is 3.87. The molecular formula is C12H15N3O3. The standard InChI is InChI=1S/C12H15N3O3/c1-8(2)13-12(18)15-10-5-3-4-9(14-10)6-7-11(16)17/h3-8H,1-2H3,(H,16,17)(H2,13,14,15,18)/b7-6+. The molecule has 1 heterocycles. The zero-order chi connectivity index (χ0) is 13.5. The highest BCUT2D eigenvalue weighted by Gasteiger charge is 2.04. The van der Waals surface area contributed by atoms with Crippen LogP contribution in [0.5, 0.6) is 0 Å². The molecule has 3 N–H and O–H groups in total. The molecule has 1 aromatic rings. The van der Waals surface area contributed by atoms with Crippen LogP contribution in [0.4, 0.5) is 10.6 Å². The lowest BCUT2D eigenvalue weighted by molar-refractivity contribution is -0.131. The van der Waals surface area contributed by atoms with Crippen LogP contribution in [-0.2, 0) is 4.79 Å². The Hall–Kier alpha value is -2.37. The minimum absolute atomic E-state index is 0.0279. The molecule has 18 heavy (non-hydrogen) atoms. The van der Waals surface area contributed by atoms with Gasteiger partial charge >= 0.3 is 12.0 Å². The molecule has 0 aliphatic heterocycles. The van der Waals surface area contributed by atoms with E-state index in [0.29, 0.717) is 11.5 Å². The van der Waals surface area contributed by atoms with Crippen LogP contribution in [-0.4, -0.2) is 28.1 Å². The molecule has 6 heteroatoms. The Balaban J connectivity index is 2.70. The van der Waals surface area contributed by atoms with E-state index < -0.39 is 5.97 Å². The maximum absolute atomic E-state index is 11.4. The van der Waals surface area contributed by atoms with Gasteiger partial charge in [-0.15, -0.1) is 0 Å². The molecule has 0 spiro atoms. The molecule has 0 saturated heterocycles. The minimum atomic E-state index is -1.05. The second-order valence-corrected chi connectivity index (χ2v) is 3.87. The van der Waals surface area contributed by atoms with Crippen LogP contribution in [0.2, 0.25) is 0 Å². The van der Waals surface area contributed by atoms with E-state index in [1.54, 1.807) is 18.2 Å². The van der Waals surface area contributed by atoms with Crippen LogP contribution < -0.4 is 10.6 Å². The van der Waals surface area contributed by atoms with Gasteiger partial charge < -0.3 is 10.4 Å². The quantitative estimate of drug-likeness (QED) is 0.708. The van der Waals surface area contributed by atoms with Gasteiger partial charge in [0.1, 0.15) is 5.82 Å². The molecule has 0 aliphatic carbocycles. The summed E-state index contributed by atoms with van der Waals surface area (Å²) in [6.07, 6.45) is 2.34. The maximum Gasteiger partial charge on any atom is 0.328 e. The van der Waals surface area contributed by atoms with E-state index in [4.69, 9.17) is 5.11 Å². The van der Waals surface area contributed by atoms with Crippen molar-refractivity contribution in [2.24, 2.45) is 0 Å². The Morgan fingerprint density at radius 2 is 2.11 bits per heavy atom. The molecule has 2 amide bonds. The van der Waals surface area contributed by atoms with Crippen molar-refractivity contribution in [1.82, 2.24) is 10.3 Å². The summed E-state index contributed by atoms with van der Waals surface area (Å²) in [5, 5.41) is 13.7. The topological polar surface area (TPSA) is 91.3 Å². The molecule has 1 rings (SSSR count). The minimum Gasteiger partial charge on any atom is -0.478 e. The van der Waals surface area contributed by atoms with E-state index in [2.05, 4.69) is 15.6 Å². The highest BCUT2D eigenvalue weighted by Crippen LogP contribution is 2.06. The van der Waals surface area contributed by atoms with Gasteiger partial charge in [-0.2, -0.15) is 0 Å². The van der Waals surface area contributed by atoms with Gasteiger partial charge in [-0.3, -0.25) is 5.32 Å². The van der Waals surface area contributed by atoms with Gasteiger partial charge in [0, 0.05) is 12.1 Å². The average molecular weight is 249 g/mol. The summed E-state index contributed by atoms with van der Waals surface area (Å²) in [6.45, 7) is 3.69. The number of nitrogens with zero attached hydrogens (tertiary/aromatic N) is 1. The van der Waals surface area contributed by atoms with E-state index in [-0.39, 0.29) is 12.1 Å². The fourth-order valence-corrected chi connectivity index (χ4v) is 1.19. The summed E-state index contributed by atoms with van der Waals surface area (Å²) < 4.78 is 0. The van der Waals surface area contributed by atoms with Crippen LogP contribution in [0.1, 0.15) is 19.5 Å². The highest BCUT2D eigenvalue weighted by molar-refractivity contribution is 5.88. The summed E-state index contributed by atoms with van der Waals surface area (Å²) in [5.74, 6) is -0.687. The molecule has 0 atom stereocenters. The number of carboxylic acid groups (broad SMARTS) is 1. The fraction of sp³-hybridized carbons (Fsp3) is 0.250. The third kappa shape index (κ3) is 5.11. The first-order valence-electron chi connectivity index (χ1n) is 5.43. The van der Waals surface area contributed by atoms with Crippen LogP contribution in [0.25, 0.3) is 6.08 Å². The van der Waals surface area contributed by atoms with Crippen molar-refractivity contribution < 1.29 is 14.7 Å². The van der Waals surface area contributed by atoms with Crippen LogP contribution in [0.15, 0.2) is 24.3 Å². The second kappa shape index (κ2) is 6.39. The summed E-state index contributed by atoms with van der Waals surface area (Å²) in [7, 11) is 0. The molecule has 0 aliphatic rings. The molecule has 0 aromatic carbocycles. The number of aliphatic carboxylic acids is 1. The lowest BCUT2D eigenvalue weighted by Crippen LogP contribution is -2.34. The molecule has 1 aromatic heterocycles. The predicted octanol–water partition coefficient (Wildman–Crippen LogP) is 1.71. The largest absolute Gasteiger partial charge is 0.478 e. The lowest BCUT2D eigenvalue weighted by atomic mass is 10.3. The summed E-state index contributed by atoms with van der Waals surface area (Å²) in [5.41, 5.74) is 0.458. The fourth-order valence-electron chi connectivity index (χ4n) is 1.19. The van der Waals surface area contributed by atoms with E-state index >= 15 is 0 Å². The maximum atomic E-state index is 11.4. The van der Waals surface area contributed by atoms with E-state index in [1.807, 2.05) is 13.8 Å². The van der Waals surface area contributed by atoms with Crippen LogP contribution in [0, 0.1) is 0 Å². The lowest BCUT2D eigenvalue weighted by Gasteiger charge is -2.09. The number of rotatable bonds is 4. The predicted molar refractivity (Wildman–Crippen MR) is 68.2 cm³/mol. The third-order valence-corrected chi connectivity index (χ3v) is 1.83. The van der Waals surface area contributed by atoms with Gasteiger partial charge in [-0.05, 0) is 32.1 Å². The Bertz CT molecular complexity index is 469. The zero-order valence-corrected chi connectivity index (χ0v) is 10.2. The number of hydrogen-bond acceptors (Lipinski definition) is 3. The molecular weight excluding hydrogens is 234 g/mol. The van der Waals surface area contributed by atoms with Crippen molar-refractivity contribution in [1.29, 1.82) is 0 Å². The molecule has 0 fully saturated rings. The molecule has 0 bridgehead atoms. The van der Waals surface area contributed by atoms with Crippen molar-refractivity contribution >= 4 is 23.9 Å². The number of hydrogen-bond donors (Lipinski definition) is 3. The number of carbonyl (C=O) groups is 2. The number of amides is 2. The molecule has 0 unspecified atom stereocenters. The van der Waals surface area contributed by atoms with Gasteiger partial charge in [0.2, 0.25) is 0 Å². The smallest absolute Gasteiger partial charge is 0.328 e. The number of pyridine rings is 1. The monoisotopic (exact) mass is 249 g/mol. The number of urea groups is 1. The normalized spacial score (nSPS) is 10.6.